The summed E-state index contributed by atoms with van der Waals surface area (Å²) in [7, 11) is 0. The van der Waals surface area contributed by atoms with Gasteiger partial charge in [0.05, 0.1) is 5.60 Å². The predicted molar refractivity (Wildman–Crippen MR) is 86.0 cm³/mol. The molecule has 2 fully saturated rings. The van der Waals surface area contributed by atoms with E-state index in [0.29, 0.717) is 30.8 Å². The maximum absolute atomic E-state index is 12.6. The van der Waals surface area contributed by atoms with E-state index in [2.05, 4.69) is 15.9 Å². The minimum absolute atomic E-state index is 0.0156. The zero-order valence-electron chi connectivity index (χ0n) is 12.0. The number of nitrogens with zero attached hydrogens (tertiary/aromatic N) is 1. The van der Waals surface area contributed by atoms with Crippen molar-refractivity contribution in [1.82, 2.24) is 4.90 Å². The van der Waals surface area contributed by atoms with Crippen LogP contribution in [0.1, 0.15) is 42.5 Å². The van der Waals surface area contributed by atoms with E-state index >= 15 is 0 Å². The van der Waals surface area contributed by atoms with Crippen LogP contribution in [0, 0.1) is 5.92 Å². The summed E-state index contributed by atoms with van der Waals surface area (Å²) in [5, 5.41) is 10.7. The molecule has 1 aromatic carbocycles. The van der Waals surface area contributed by atoms with Crippen LogP contribution in [0.25, 0.3) is 0 Å². The van der Waals surface area contributed by atoms with E-state index in [1.807, 2.05) is 11.0 Å². The highest BCUT2D eigenvalue weighted by Gasteiger charge is 2.43. The lowest BCUT2D eigenvalue weighted by molar-refractivity contribution is -0.0886. The third kappa shape index (κ3) is 2.81. The Morgan fingerprint density at radius 3 is 2.95 bits per heavy atom. The van der Waals surface area contributed by atoms with Gasteiger partial charge in [0.15, 0.2) is 0 Å². The number of hydrogen-bond acceptors (Lipinski definition) is 3. The Morgan fingerprint density at radius 2 is 2.19 bits per heavy atom. The monoisotopic (exact) mass is 352 g/mol. The molecule has 1 amide bonds. The number of nitrogens with two attached hydrogens (primary N) is 1. The third-order valence-electron chi connectivity index (χ3n) is 4.96. The largest absolute Gasteiger partial charge is 0.398 e. The van der Waals surface area contributed by atoms with Crippen LogP contribution in [-0.4, -0.2) is 34.6 Å². The fourth-order valence-electron chi connectivity index (χ4n) is 3.61. The number of nitrogen functional groups attached to an aromatic ring is 1. The van der Waals surface area contributed by atoms with Gasteiger partial charge < -0.3 is 15.7 Å². The first-order valence-corrected chi connectivity index (χ1v) is 8.35. The highest BCUT2D eigenvalue weighted by Crippen LogP contribution is 2.40. The molecule has 2 unspecified atom stereocenters. The average molecular weight is 353 g/mol. The van der Waals surface area contributed by atoms with Crippen LogP contribution in [-0.2, 0) is 0 Å². The Bertz CT molecular complexity index is 563. The van der Waals surface area contributed by atoms with Crippen molar-refractivity contribution in [2.24, 2.45) is 5.92 Å². The Balaban J connectivity index is 1.75. The van der Waals surface area contributed by atoms with Crippen molar-refractivity contribution in [3.8, 4) is 0 Å². The SMILES string of the molecule is Nc1cc(C(=O)N2CCC3(O)CCCCC3C2)ccc1Br. The van der Waals surface area contributed by atoms with E-state index in [-0.39, 0.29) is 11.8 Å². The Hall–Kier alpha value is -1.07. The number of aliphatic hydroxyl groups is 1. The first kappa shape index (κ1) is 14.9. The van der Waals surface area contributed by atoms with Gasteiger partial charge in [-0.2, -0.15) is 0 Å². The van der Waals surface area contributed by atoms with Gasteiger partial charge in [0.1, 0.15) is 0 Å². The molecular formula is C16H21BrN2O2. The highest BCUT2D eigenvalue weighted by molar-refractivity contribution is 9.10. The zero-order chi connectivity index (χ0) is 15.0. The van der Waals surface area contributed by atoms with Crippen LogP contribution in [0.2, 0.25) is 0 Å². The molecule has 114 valence electrons. The van der Waals surface area contributed by atoms with Crippen molar-refractivity contribution < 1.29 is 9.90 Å². The summed E-state index contributed by atoms with van der Waals surface area (Å²) in [6, 6.07) is 5.32. The van der Waals surface area contributed by atoms with Gasteiger partial charge in [-0.25, -0.2) is 0 Å². The lowest BCUT2D eigenvalue weighted by atomic mass is 9.71. The van der Waals surface area contributed by atoms with E-state index in [9.17, 15) is 9.90 Å². The number of rotatable bonds is 1. The van der Waals surface area contributed by atoms with E-state index in [1.165, 1.54) is 0 Å². The number of benzene rings is 1. The molecule has 1 aromatic rings. The van der Waals surface area contributed by atoms with E-state index in [0.717, 1.165) is 30.2 Å². The molecule has 0 spiro atoms. The highest BCUT2D eigenvalue weighted by atomic mass is 79.9. The molecule has 1 aliphatic heterocycles. The van der Waals surface area contributed by atoms with E-state index in [4.69, 9.17) is 5.73 Å². The zero-order valence-corrected chi connectivity index (χ0v) is 13.6. The first-order chi connectivity index (χ1) is 9.99. The number of likely N-dealkylation sites (tertiary alicyclic amines) is 1. The molecule has 1 saturated heterocycles. The molecular weight excluding hydrogens is 332 g/mol. The molecule has 1 saturated carbocycles. The quantitative estimate of drug-likeness (QED) is 0.763. The summed E-state index contributed by atoms with van der Waals surface area (Å²) in [6.45, 7) is 1.28. The van der Waals surface area contributed by atoms with Gasteiger partial charge in [0.25, 0.3) is 5.91 Å². The van der Waals surface area contributed by atoms with E-state index in [1.54, 1.807) is 12.1 Å². The van der Waals surface area contributed by atoms with Gasteiger partial charge in [-0.15, -0.1) is 0 Å². The molecule has 1 heterocycles. The summed E-state index contributed by atoms with van der Waals surface area (Å²) in [4.78, 5) is 14.5. The van der Waals surface area contributed by atoms with Crippen molar-refractivity contribution in [1.29, 1.82) is 0 Å². The maximum atomic E-state index is 12.6. The van der Waals surface area contributed by atoms with Crippen LogP contribution in [0.3, 0.4) is 0 Å². The second kappa shape index (κ2) is 5.61. The molecule has 2 aliphatic rings. The second-order valence-corrected chi connectivity index (χ2v) is 7.14. The molecule has 3 N–H and O–H groups in total. The van der Waals surface area contributed by atoms with Crippen LogP contribution in [0.5, 0.6) is 0 Å². The van der Waals surface area contributed by atoms with Crippen LogP contribution >= 0.6 is 15.9 Å². The number of amides is 1. The summed E-state index contributed by atoms with van der Waals surface area (Å²) in [5.74, 6) is 0.235. The first-order valence-electron chi connectivity index (χ1n) is 7.56. The van der Waals surface area contributed by atoms with Gasteiger partial charge in [-0.1, -0.05) is 12.8 Å². The fourth-order valence-corrected chi connectivity index (χ4v) is 3.86. The molecule has 21 heavy (non-hydrogen) atoms. The predicted octanol–water partition coefficient (Wildman–Crippen LogP) is 2.80. The van der Waals surface area contributed by atoms with Crippen molar-refractivity contribution in [3.05, 3.63) is 28.2 Å². The van der Waals surface area contributed by atoms with Crippen molar-refractivity contribution >= 4 is 27.5 Å². The molecule has 0 radical (unpaired) electrons. The lowest BCUT2D eigenvalue weighted by Gasteiger charge is -2.47. The minimum atomic E-state index is -0.548. The Morgan fingerprint density at radius 1 is 1.38 bits per heavy atom. The normalized spacial score (nSPS) is 29.0. The summed E-state index contributed by atoms with van der Waals surface area (Å²) < 4.78 is 0.805. The maximum Gasteiger partial charge on any atom is 0.253 e. The van der Waals surface area contributed by atoms with Crippen molar-refractivity contribution in [2.45, 2.75) is 37.7 Å². The Labute approximate surface area is 133 Å². The van der Waals surface area contributed by atoms with Crippen molar-refractivity contribution in [3.63, 3.8) is 0 Å². The molecule has 2 atom stereocenters. The second-order valence-electron chi connectivity index (χ2n) is 6.28. The third-order valence-corrected chi connectivity index (χ3v) is 5.68. The summed E-state index contributed by atoms with van der Waals surface area (Å²) >= 11 is 3.34. The molecule has 4 nitrogen and oxygen atoms in total. The van der Waals surface area contributed by atoms with Crippen molar-refractivity contribution in [2.75, 3.05) is 18.8 Å². The smallest absolute Gasteiger partial charge is 0.253 e. The topological polar surface area (TPSA) is 66.6 Å². The number of hydrogen-bond donors (Lipinski definition) is 2. The van der Waals surface area contributed by atoms with Gasteiger partial charge in [-0.05, 0) is 53.4 Å². The standard InChI is InChI=1S/C16H21BrN2O2/c17-13-5-4-11(9-14(13)18)15(20)19-8-7-16(21)6-2-1-3-12(16)10-19/h4-5,9,12,21H,1-3,6-8,10,18H2. The summed E-state index contributed by atoms with van der Waals surface area (Å²) in [6.07, 6.45) is 4.84. The van der Waals surface area contributed by atoms with Gasteiger partial charge in [0.2, 0.25) is 0 Å². The van der Waals surface area contributed by atoms with Gasteiger partial charge >= 0.3 is 0 Å². The average Bonchev–Trinajstić information content (AvgIpc) is 2.48. The number of fused-ring (bicyclic) bond motifs is 1. The Kier molecular flexibility index (Phi) is 3.97. The molecule has 3 rings (SSSR count). The molecule has 0 bridgehead atoms. The van der Waals surface area contributed by atoms with Crippen LogP contribution in [0.4, 0.5) is 5.69 Å². The minimum Gasteiger partial charge on any atom is -0.398 e. The van der Waals surface area contributed by atoms with Crippen LogP contribution in [0.15, 0.2) is 22.7 Å². The number of anilines is 1. The molecule has 0 aromatic heterocycles. The van der Waals surface area contributed by atoms with Gasteiger partial charge in [0, 0.05) is 34.7 Å². The molecule has 1 aliphatic carbocycles. The number of halogens is 1. The van der Waals surface area contributed by atoms with Crippen LogP contribution < -0.4 is 5.73 Å². The molecule has 5 heteroatoms. The number of carbonyl (C=O) groups is 1. The number of piperidine rings is 1. The fraction of sp³-hybridized carbons (Fsp3) is 0.562. The van der Waals surface area contributed by atoms with Gasteiger partial charge in [-0.3, -0.25) is 4.79 Å². The summed E-state index contributed by atoms with van der Waals surface area (Å²) in [5.41, 5.74) is 6.51. The number of carbonyl (C=O) groups excluding carboxylic acids is 1. The van der Waals surface area contributed by atoms with E-state index < -0.39 is 5.60 Å². The lowest BCUT2D eigenvalue weighted by Crippen LogP contribution is -2.54.